The van der Waals surface area contributed by atoms with E-state index in [-0.39, 0.29) is 23.0 Å². The Hall–Kier alpha value is -3.84. The molecule has 0 spiro atoms. The van der Waals surface area contributed by atoms with Crippen molar-refractivity contribution < 1.29 is 27.1 Å². The second-order valence-electron chi connectivity index (χ2n) is 9.81. The molecule has 1 N–H and O–H groups in total. The number of hydrogen-bond donors (Lipinski definition) is 1. The number of hydrogen-bond acceptors (Lipinski definition) is 8. The minimum atomic E-state index is -3.12. The molecule has 2 aliphatic rings. The number of piperazine rings is 1. The van der Waals surface area contributed by atoms with E-state index in [4.69, 9.17) is 4.74 Å². The van der Waals surface area contributed by atoms with Crippen LogP contribution in [-0.2, 0) is 4.74 Å². The molecular weight excluding hydrogens is 530 g/mol. The van der Waals surface area contributed by atoms with Crippen LogP contribution < -0.4 is 15.1 Å². The van der Waals surface area contributed by atoms with Gasteiger partial charge in [-0.2, -0.15) is 0 Å². The van der Waals surface area contributed by atoms with E-state index in [1.165, 1.54) is 18.3 Å². The smallest absolute Gasteiger partial charge is 0.274 e. The highest BCUT2D eigenvalue weighted by Crippen LogP contribution is 2.36. The molecule has 2 aliphatic heterocycles. The van der Waals surface area contributed by atoms with Crippen molar-refractivity contribution in [1.29, 1.82) is 0 Å². The Morgan fingerprint density at radius 1 is 1.07 bits per heavy atom. The molecule has 0 radical (unpaired) electrons. The predicted octanol–water partition coefficient (Wildman–Crippen LogP) is 3.98. The van der Waals surface area contributed by atoms with Gasteiger partial charge in [0.25, 0.3) is 12.3 Å². The van der Waals surface area contributed by atoms with Gasteiger partial charge in [-0.1, -0.05) is 0 Å². The van der Waals surface area contributed by atoms with E-state index >= 15 is 4.39 Å². The fraction of sp³-hybridized carbons (Fsp3) is 0.407. The molecule has 0 saturated carbocycles. The van der Waals surface area contributed by atoms with Crippen molar-refractivity contribution in [2.24, 2.45) is 0 Å². The molecule has 1 aromatic carbocycles. The molecule has 0 bridgehead atoms. The van der Waals surface area contributed by atoms with Gasteiger partial charge in [0, 0.05) is 50.5 Å². The Balaban J connectivity index is 1.55. The van der Waals surface area contributed by atoms with Crippen LogP contribution in [0.15, 0.2) is 36.7 Å². The molecule has 2 aromatic heterocycles. The van der Waals surface area contributed by atoms with E-state index in [0.717, 1.165) is 0 Å². The molecular formula is C27H29F4N7O2. The highest BCUT2D eigenvalue weighted by molar-refractivity contribution is 6.06. The molecule has 4 heterocycles. The van der Waals surface area contributed by atoms with Crippen molar-refractivity contribution >= 4 is 23.2 Å². The van der Waals surface area contributed by atoms with Crippen molar-refractivity contribution in [1.82, 2.24) is 19.9 Å². The monoisotopic (exact) mass is 559 g/mol. The quantitative estimate of drug-likeness (QED) is 0.454. The molecule has 13 heteroatoms. The maximum atomic E-state index is 15.7. The number of ether oxygens (including phenoxy) is 1. The molecule has 3 aromatic rings. The van der Waals surface area contributed by atoms with Gasteiger partial charge in [-0.3, -0.25) is 4.79 Å². The largest absolute Gasteiger partial charge is 0.378 e. The molecule has 1 unspecified atom stereocenters. The lowest BCUT2D eigenvalue weighted by atomic mass is 10.1. The number of pyridine rings is 1. The van der Waals surface area contributed by atoms with Crippen LogP contribution in [-0.4, -0.2) is 84.8 Å². The number of benzene rings is 1. The summed E-state index contributed by atoms with van der Waals surface area (Å²) in [5, 5.41) is 2.63. The van der Waals surface area contributed by atoms with Crippen molar-refractivity contribution in [3.8, 4) is 11.3 Å². The highest BCUT2D eigenvalue weighted by Gasteiger charge is 2.27. The molecule has 212 valence electrons. The Bertz CT molecular complexity index is 1390. The van der Waals surface area contributed by atoms with E-state index in [1.807, 2.05) is 23.8 Å². The molecule has 0 aliphatic carbocycles. The number of carbonyl (C=O) groups excluding carboxylic acids is 1. The van der Waals surface area contributed by atoms with Gasteiger partial charge in [-0.25, -0.2) is 32.5 Å². The van der Waals surface area contributed by atoms with Crippen LogP contribution in [0, 0.1) is 11.6 Å². The van der Waals surface area contributed by atoms with Crippen molar-refractivity contribution in [3.63, 3.8) is 0 Å². The number of morpholine rings is 1. The molecule has 1 atom stereocenters. The van der Waals surface area contributed by atoms with Gasteiger partial charge in [0.1, 0.15) is 17.3 Å². The maximum Gasteiger partial charge on any atom is 0.274 e. The first-order valence-corrected chi connectivity index (χ1v) is 12.9. The lowest BCUT2D eigenvalue weighted by Crippen LogP contribution is -2.50. The van der Waals surface area contributed by atoms with Crippen molar-refractivity contribution in [2.75, 3.05) is 68.1 Å². The van der Waals surface area contributed by atoms with Gasteiger partial charge in [0.05, 0.1) is 42.0 Å². The van der Waals surface area contributed by atoms with Gasteiger partial charge in [0.15, 0.2) is 0 Å². The van der Waals surface area contributed by atoms with Crippen molar-refractivity contribution in [2.45, 2.75) is 19.4 Å². The Morgan fingerprint density at radius 3 is 2.58 bits per heavy atom. The fourth-order valence-corrected chi connectivity index (χ4v) is 4.79. The fourth-order valence-electron chi connectivity index (χ4n) is 4.79. The zero-order chi connectivity index (χ0) is 28.4. The SMILES string of the molecule is CC1CN(c2cc(F)c(-c3ccnc(N4CCOCC4)n3)cc2NC(=O)c2ncc(F)cc2C(F)F)CCN1C. The first-order valence-electron chi connectivity index (χ1n) is 12.9. The van der Waals surface area contributed by atoms with Gasteiger partial charge >= 0.3 is 0 Å². The first kappa shape index (κ1) is 27.7. The van der Waals surface area contributed by atoms with E-state index in [0.29, 0.717) is 69.8 Å². The zero-order valence-corrected chi connectivity index (χ0v) is 22.1. The van der Waals surface area contributed by atoms with Crippen LogP contribution in [0.3, 0.4) is 0 Å². The van der Waals surface area contributed by atoms with Gasteiger partial charge in [-0.15, -0.1) is 0 Å². The third-order valence-electron chi connectivity index (χ3n) is 7.18. The van der Waals surface area contributed by atoms with Crippen LogP contribution >= 0.6 is 0 Å². The summed E-state index contributed by atoms with van der Waals surface area (Å²) in [5.74, 6) is -2.10. The van der Waals surface area contributed by atoms with Crippen LogP contribution in [0.5, 0.6) is 0 Å². The van der Waals surface area contributed by atoms with Crippen molar-refractivity contribution in [3.05, 3.63) is 59.6 Å². The zero-order valence-electron chi connectivity index (χ0n) is 22.1. The normalized spacial score (nSPS) is 18.3. The molecule has 5 rings (SSSR count). The highest BCUT2D eigenvalue weighted by atomic mass is 19.3. The molecule has 1 amide bonds. The molecule has 40 heavy (non-hydrogen) atoms. The maximum absolute atomic E-state index is 15.7. The average Bonchev–Trinajstić information content (AvgIpc) is 2.95. The number of anilines is 3. The lowest BCUT2D eigenvalue weighted by molar-refractivity contribution is 0.100. The average molecular weight is 560 g/mol. The Kier molecular flexibility index (Phi) is 8.12. The second kappa shape index (κ2) is 11.7. The first-order chi connectivity index (χ1) is 19.2. The topological polar surface area (TPSA) is 86.7 Å². The number of halogens is 4. The summed E-state index contributed by atoms with van der Waals surface area (Å²) in [6.07, 6.45) is -0.892. The van der Waals surface area contributed by atoms with Crippen LogP contribution in [0.4, 0.5) is 34.9 Å². The number of carbonyl (C=O) groups is 1. The van der Waals surface area contributed by atoms with Gasteiger partial charge in [-0.05, 0) is 38.2 Å². The van der Waals surface area contributed by atoms with Gasteiger partial charge in [0.2, 0.25) is 5.95 Å². The summed E-state index contributed by atoms with van der Waals surface area (Å²) in [5.41, 5.74) is -0.485. The summed E-state index contributed by atoms with van der Waals surface area (Å²) >= 11 is 0. The minimum Gasteiger partial charge on any atom is -0.378 e. The van der Waals surface area contributed by atoms with E-state index in [1.54, 1.807) is 6.07 Å². The van der Waals surface area contributed by atoms with Crippen LogP contribution in [0.1, 0.15) is 29.4 Å². The van der Waals surface area contributed by atoms with Gasteiger partial charge < -0.3 is 24.8 Å². The number of alkyl halides is 2. The van der Waals surface area contributed by atoms with Crippen LogP contribution in [0.2, 0.25) is 0 Å². The number of amides is 1. The second-order valence-corrected chi connectivity index (χ2v) is 9.81. The summed E-state index contributed by atoms with van der Waals surface area (Å²) in [4.78, 5) is 31.7. The minimum absolute atomic E-state index is 0.0966. The summed E-state index contributed by atoms with van der Waals surface area (Å²) in [6, 6.07) is 5.03. The van der Waals surface area contributed by atoms with Crippen LogP contribution in [0.25, 0.3) is 11.3 Å². The third kappa shape index (κ3) is 5.85. The summed E-state index contributed by atoms with van der Waals surface area (Å²) in [7, 11) is 1.99. The molecule has 2 saturated heterocycles. The third-order valence-corrected chi connectivity index (χ3v) is 7.18. The van der Waals surface area contributed by atoms with E-state index in [9.17, 15) is 18.0 Å². The summed E-state index contributed by atoms with van der Waals surface area (Å²) in [6.45, 7) is 6.04. The number of nitrogens with zero attached hydrogens (tertiary/aromatic N) is 6. The molecule has 9 nitrogen and oxygen atoms in total. The van der Waals surface area contributed by atoms with E-state index < -0.39 is 35.2 Å². The number of aromatic nitrogens is 3. The standard InChI is InChI=1S/C27H29F4N7O2/c1-16-15-38(6-5-36(16)2)23-13-20(29)18(21-3-4-32-27(35-21)37-7-9-40-10-8-37)12-22(23)34-26(39)24-19(25(30)31)11-17(28)14-33-24/h3-4,11-14,16,25H,5-10,15H2,1-2H3,(H,34,39). The number of rotatable bonds is 6. The lowest BCUT2D eigenvalue weighted by Gasteiger charge is -2.39. The van der Waals surface area contributed by atoms with E-state index in [2.05, 4.69) is 25.2 Å². The Labute approximate surface area is 228 Å². The molecule has 2 fully saturated rings. The predicted molar refractivity (Wildman–Crippen MR) is 142 cm³/mol. The number of likely N-dealkylation sites (N-methyl/N-ethyl adjacent to an activating group) is 1. The summed E-state index contributed by atoms with van der Waals surface area (Å²) < 4.78 is 61.9. The Morgan fingerprint density at radius 2 is 1.85 bits per heavy atom. The number of nitrogens with one attached hydrogen (secondary N) is 1.